The minimum atomic E-state index is -0.455. The number of aromatic hydroxyl groups is 1. The molecule has 1 aliphatic heterocycles. The molecule has 10 heteroatoms. The molecule has 1 fully saturated rings. The highest BCUT2D eigenvalue weighted by Gasteiger charge is 2.47. The van der Waals surface area contributed by atoms with Crippen LogP contribution in [0.2, 0.25) is 5.02 Å². The van der Waals surface area contributed by atoms with E-state index in [0.717, 1.165) is 6.42 Å². The van der Waals surface area contributed by atoms with E-state index >= 15 is 0 Å². The number of piperidine rings is 1. The average Bonchev–Trinajstić information content (AvgIpc) is 3.30. The lowest BCUT2D eigenvalue weighted by molar-refractivity contribution is -0.293. The number of nitrogens with zero attached hydrogens (tertiary/aromatic N) is 4. The van der Waals surface area contributed by atoms with E-state index in [1.54, 1.807) is 30.3 Å². The zero-order valence-corrected chi connectivity index (χ0v) is 25.6. The first-order valence-corrected chi connectivity index (χ1v) is 15.0. The molecule has 3 aromatic rings. The number of rotatable bonds is 13. The lowest BCUT2D eigenvalue weighted by Crippen LogP contribution is -2.62. The summed E-state index contributed by atoms with van der Waals surface area (Å²) >= 11 is 6.03. The van der Waals surface area contributed by atoms with Crippen molar-refractivity contribution in [3.63, 3.8) is 0 Å². The van der Waals surface area contributed by atoms with Crippen LogP contribution in [0.15, 0.2) is 36.4 Å². The summed E-state index contributed by atoms with van der Waals surface area (Å²) in [6.07, 6.45) is 8.37. The molecule has 1 aliphatic rings. The third-order valence-electron chi connectivity index (χ3n) is 7.43. The first kappa shape index (κ1) is 31.1. The van der Waals surface area contributed by atoms with Gasteiger partial charge in [-0.15, -0.1) is 15.0 Å². The number of aromatic nitrogens is 3. The van der Waals surface area contributed by atoms with Crippen LogP contribution in [0.3, 0.4) is 0 Å². The number of hydrogen-bond donors (Lipinski definition) is 1. The number of unbranched alkanes of at least 4 members (excludes halogenated alkanes) is 5. The molecule has 0 bridgehead atoms. The fourth-order valence-corrected chi connectivity index (χ4v) is 5.93. The topological polar surface area (TPSA) is 98.9 Å². The molecular weight excluding hydrogens is 544 g/mol. The highest BCUT2D eigenvalue weighted by molar-refractivity contribution is 6.31. The minimum absolute atomic E-state index is 0.0842. The van der Waals surface area contributed by atoms with E-state index in [1.807, 2.05) is 0 Å². The summed E-state index contributed by atoms with van der Waals surface area (Å²) < 4.78 is 11.5. The number of halogens is 1. The number of fused-ring (bicyclic) bond motifs is 1. The Kier molecular flexibility index (Phi) is 10.2. The molecule has 0 amide bonds. The number of benzene rings is 2. The van der Waals surface area contributed by atoms with Crippen LogP contribution in [-0.4, -0.2) is 61.5 Å². The molecule has 1 N–H and O–H groups in total. The van der Waals surface area contributed by atoms with E-state index < -0.39 is 5.97 Å². The number of hydroxylamine groups is 2. The zero-order chi connectivity index (χ0) is 29.6. The quantitative estimate of drug-likeness (QED) is 0.169. The van der Waals surface area contributed by atoms with Gasteiger partial charge < -0.3 is 14.6 Å². The Morgan fingerprint density at radius 2 is 1.66 bits per heavy atom. The molecule has 4 rings (SSSR count). The highest BCUT2D eigenvalue weighted by Crippen LogP contribution is 2.40. The largest absolute Gasteiger partial charge is 0.505 e. The first-order chi connectivity index (χ1) is 19.5. The van der Waals surface area contributed by atoms with Crippen molar-refractivity contribution in [3.05, 3.63) is 41.4 Å². The van der Waals surface area contributed by atoms with E-state index in [2.05, 4.69) is 49.9 Å². The highest BCUT2D eigenvalue weighted by atomic mass is 35.5. The maximum absolute atomic E-state index is 12.7. The molecule has 0 atom stereocenters. The molecule has 0 aliphatic carbocycles. The van der Waals surface area contributed by atoms with Crippen LogP contribution < -0.4 is 4.74 Å². The normalized spacial score (nSPS) is 17.1. The smallest absolute Gasteiger partial charge is 0.344 e. The van der Waals surface area contributed by atoms with Gasteiger partial charge in [-0.2, -0.15) is 5.06 Å². The molecule has 0 radical (unpaired) electrons. The number of phenols is 1. The van der Waals surface area contributed by atoms with Gasteiger partial charge in [0.05, 0.1) is 6.61 Å². The Balaban J connectivity index is 1.27. The van der Waals surface area contributed by atoms with Crippen molar-refractivity contribution in [1.29, 1.82) is 0 Å². The number of carbonyl (C=O) groups excluding carboxylic acids is 1. The van der Waals surface area contributed by atoms with Gasteiger partial charge >= 0.3 is 5.97 Å². The van der Waals surface area contributed by atoms with Gasteiger partial charge in [-0.3, -0.25) is 4.84 Å². The van der Waals surface area contributed by atoms with Crippen LogP contribution in [0.4, 0.5) is 0 Å². The summed E-state index contributed by atoms with van der Waals surface area (Å²) in [5.41, 5.74) is 1.05. The third kappa shape index (κ3) is 8.11. The van der Waals surface area contributed by atoms with Crippen LogP contribution in [0, 0.1) is 0 Å². The number of phenolic OH excluding ortho intramolecular Hbond substituents is 1. The van der Waals surface area contributed by atoms with Gasteiger partial charge in [0.2, 0.25) is 0 Å². The molecule has 41 heavy (non-hydrogen) atoms. The van der Waals surface area contributed by atoms with Gasteiger partial charge in [0, 0.05) is 35.0 Å². The molecule has 0 unspecified atom stereocenters. The Labute approximate surface area is 247 Å². The number of carbonyl (C=O) groups is 1. The molecule has 9 nitrogen and oxygen atoms in total. The van der Waals surface area contributed by atoms with Gasteiger partial charge in [0.15, 0.2) is 6.61 Å². The molecule has 0 spiro atoms. The third-order valence-corrected chi connectivity index (χ3v) is 7.67. The van der Waals surface area contributed by atoms with Crippen molar-refractivity contribution in [2.75, 3.05) is 13.2 Å². The van der Waals surface area contributed by atoms with Crippen molar-refractivity contribution < 1.29 is 24.2 Å². The Morgan fingerprint density at radius 1 is 0.976 bits per heavy atom. The molecule has 2 heterocycles. The van der Waals surface area contributed by atoms with Gasteiger partial charge in [0.25, 0.3) is 0 Å². The zero-order valence-electron chi connectivity index (χ0n) is 24.9. The Hall–Kier alpha value is -2.88. The lowest BCUT2D eigenvalue weighted by Gasteiger charge is -2.53. The van der Waals surface area contributed by atoms with E-state index in [-0.39, 0.29) is 29.5 Å². The summed E-state index contributed by atoms with van der Waals surface area (Å²) in [7, 11) is 0. The first-order valence-electron chi connectivity index (χ1n) is 14.6. The maximum Gasteiger partial charge on any atom is 0.344 e. The molecule has 0 saturated carbocycles. The van der Waals surface area contributed by atoms with Gasteiger partial charge in [-0.1, -0.05) is 50.6 Å². The molecule has 1 saturated heterocycles. The molecule has 224 valence electrons. The molecular formula is C31H43ClN4O5. The Morgan fingerprint density at radius 3 is 2.37 bits per heavy atom. The van der Waals surface area contributed by atoms with Crippen molar-refractivity contribution in [3.8, 4) is 17.2 Å². The second-order valence-corrected chi connectivity index (χ2v) is 12.5. The summed E-state index contributed by atoms with van der Waals surface area (Å²) in [5.74, 6) is -0.205. The molecule has 1 aromatic heterocycles. The van der Waals surface area contributed by atoms with Crippen LogP contribution in [0.1, 0.15) is 86.0 Å². The molecule has 2 aromatic carbocycles. The predicted molar refractivity (Wildman–Crippen MR) is 159 cm³/mol. The average molecular weight is 587 g/mol. The van der Waals surface area contributed by atoms with E-state index in [0.29, 0.717) is 46.9 Å². The van der Waals surface area contributed by atoms with Gasteiger partial charge in [-0.25, -0.2) is 4.79 Å². The van der Waals surface area contributed by atoms with Crippen molar-refractivity contribution in [1.82, 2.24) is 20.1 Å². The number of hydrogen-bond acceptors (Lipinski definition) is 8. The summed E-state index contributed by atoms with van der Waals surface area (Å²) in [5, 5.41) is 22.0. The van der Waals surface area contributed by atoms with Crippen LogP contribution in [-0.2, 0) is 14.4 Å². The standard InChI is InChI=1S/C31H43ClN4O5/c1-6-7-8-9-10-11-16-40-36-30(2,3)19-24(20-31(36,4)5)41-29(38)21-39-23-13-15-27(28(37)18-23)35-33-25-14-12-22(32)17-26(25)34-35/h12-15,17-18,24,37H,6-11,16,19-21H2,1-5H3. The van der Waals surface area contributed by atoms with Gasteiger partial charge in [-0.05, 0) is 64.4 Å². The summed E-state index contributed by atoms with van der Waals surface area (Å²) in [4.78, 5) is 20.3. The van der Waals surface area contributed by atoms with E-state index in [1.165, 1.54) is 43.0 Å². The SMILES string of the molecule is CCCCCCCCON1C(C)(C)CC(OC(=O)COc2ccc(-n3nc4ccc(Cl)cc4n3)c(O)c2)CC1(C)C. The van der Waals surface area contributed by atoms with Crippen molar-refractivity contribution in [2.45, 2.75) is 103 Å². The lowest BCUT2D eigenvalue weighted by atomic mass is 9.80. The fourth-order valence-electron chi connectivity index (χ4n) is 5.76. The Bertz CT molecular complexity index is 1310. The monoisotopic (exact) mass is 586 g/mol. The number of esters is 1. The second kappa shape index (κ2) is 13.4. The van der Waals surface area contributed by atoms with Crippen LogP contribution in [0.25, 0.3) is 16.7 Å². The second-order valence-electron chi connectivity index (χ2n) is 12.1. The summed E-state index contributed by atoms with van der Waals surface area (Å²) in [6.45, 7) is 11.2. The van der Waals surface area contributed by atoms with Crippen molar-refractivity contribution in [2.24, 2.45) is 0 Å². The van der Waals surface area contributed by atoms with Crippen LogP contribution in [0.5, 0.6) is 11.5 Å². The fraction of sp³-hybridized carbons (Fsp3) is 0.581. The van der Waals surface area contributed by atoms with E-state index in [4.69, 9.17) is 25.9 Å². The predicted octanol–water partition coefficient (Wildman–Crippen LogP) is 7.02. The minimum Gasteiger partial charge on any atom is -0.505 e. The maximum atomic E-state index is 12.7. The van der Waals surface area contributed by atoms with Gasteiger partial charge in [0.1, 0.15) is 34.3 Å². The van der Waals surface area contributed by atoms with E-state index in [9.17, 15) is 9.90 Å². The van der Waals surface area contributed by atoms with Crippen molar-refractivity contribution >= 4 is 28.6 Å². The summed E-state index contributed by atoms with van der Waals surface area (Å²) in [6, 6.07) is 9.90. The van der Waals surface area contributed by atoms with Crippen LogP contribution >= 0.6 is 11.6 Å². The number of ether oxygens (including phenoxy) is 2.